The number of rotatable bonds is 3. The van der Waals surface area contributed by atoms with Crippen molar-refractivity contribution in [3.63, 3.8) is 0 Å². The number of sulfonamides is 1. The van der Waals surface area contributed by atoms with Crippen molar-refractivity contribution in [2.45, 2.75) is 56.4 Å². The highest BCUT2D eigenvalue weighted by Gasteiger charge is 2.24. The fourth-order valence-electron chi connectivity index (χ4n) is 2.52. The van der Waals surface area contributed by atoms with Crippen LogP contribution in [-0.2, 0) is 10.0 Å². The molecule has 6 heteroatoms. The molecule has 20 heavy (non-hydrogen) atoms. The quantitative estimate of drug-likeness (QED) is 0.837. The Morgan fingerprint density at radius 2 is 1.70 bits per heavy atom. The molecule has 1 fully saturated rings. The fourth-order valence-corrected chi connectivity index (χ4v) is 4.64. The van der Waals surface area contributed by atoms with E-state index in [1.54, 1.807) is 13.0 Å². The summed E-state index contributed by atoms with van der Waals surface area (Å²) in [6, 6.07) is 3.05. The summed E-state index contributed by atoms with van der Waals surface area (Å²) in [6.07, 6.45) is 6.28. The molecule has 1 saturated carbocycles. The lowest BCUT2D eigenvalue weighted by Crippen LogP contribution is -2.34. The zero-order valence-electron chi connectivity index (χ0n) is 11.5. The summed E-state index contributed by atoms with van der Waals surface area (Å²) in [6.45, 7) is 1.72. The monoisotopic (exact) mass is 335 g/mol. The van der Waals surface area contributed by atoms with Gasteiger partial charge in [0.2, 0.25) is 10.0 Å². The van der Waals surface area contributed by atoms with Crippen molar-refractivity contribution in [2.75, 3.05) is 0 Å². The Labute approximate surface area is 130 Å². The minimum absolute atomic E-state index is 0.00884. The molecule has 0 aromatic heterocycles. The van der Waals surface area contributed by atoms with Crippen molar-refractivity contribution in [3.8, 4) is 0 Å². The second-order valence-corrected chi connectivity index (χ2v) is 7.76. The lowest BCUT2D eigenvalue weighted by atomic mass is 10.1. The van der Waals surface area contributed by atoms with Crippen LogP contribution in [0.1, 0.15) is 44.1 Å². The van der Waals surface area contributed by atoms with E-state index in [0.29, 0.717) is 10.6 Å². The van der Waals surface area contributed by atoms with E-state index in [4.69, 9.17) is 23.2 Å². The predicted molar refractivity (Wildman–Crippen MR) is 83.0 cm³/mol. The van der Waals surface area contributed by atoms with Gasteiger partial charge in [0.05, 0.1) is 5.02 Å². The van der Waals surface area contributed by atoms with Crippen molar-refractivity contribution in [1.82, 2.24) is 4.72 Å². The minimum atomic E-state index is -3.59. The summed E-state index contributed by atoms with van der Waals surface area (Å²) in [5.74, 6) is 0. The van der Waals surface area contributed by atoms with E-state index in [0.717, 1.165) is 25.7 Å². The highest BCUT2D eigenvalue weighted by atomic mass is 35.5. The predicted octanol–water partition coefficient (Wildman–Crippen LogP) is 4.30. The topological polar surface area (TPSA) is 46.2 Å². The molecule has 0 amide bonds. The number of benzene rings is 1. The van der Waals surface area contributed by atoms with Crippen LogP contribution in [0.15, 0.2) is 17.0 Å². The molecule has 1 aliphatic rings. The lowest BCUT2D eigenvalue weighted by Gasteiger charge is -2.17. The minimum Gasteiger partial charge on any atom is -0.208 e. The fraction of sp³-hybridized carbons (Fsp3) is 0.571. The van der Waals surface area contributed by atoms with Crippen LogP contribution in [0.3, 0.4) is 0 Å². The smallest absolute Gasteiger partial charge is 0.208 e. The zero-order valence-corrected chi connectivity index (χ0v) is 13.8. The summed E-state index contributed by atoms with van der Waals surface area (Å²) in [7, 11) is -3.59. The first-order chi connectivity index (χ1) is 9.42. The van der Waals surface area contributed by atoms with Crippen molar-refractivity contribution >= 4 is 33.2 Å². The summed E-state index contributed by atoms with van der Waals surface area (Å²) < 4.78 is 27.7. The SMILES string of the molecule is Cc1c(Cl)ccc(S(=O)(=O)NC2CCCCCC2)c1Cl. The molecule has 0 aliphatic heterocycles. The highest BCUT2D eigenvalue weighted by Crippen LogP contribution is 2.30. The molecule has 0 atom stereocenters. The van der Waals surface area contributed by atoms with Crippen molar-refractivity contribution in [1.29, 1.82) is 0 Å². The highest BCUT2D eigenvalue weighted by molar-refractivity contribution is 7.89. The number of nitrogens with one attached hydrogen (secondary N) is 1. The first-order valence-electron chi connectivity index (χ1n) is 6.89. The van der Waals surface area contributed by atoms with Crippen molar-refractivity contribution in [2.24, 2.45) is 0 Å². The maximum atomic E-state index is 12.5. The van der Waals surface area contributed by atoms with Crippen LogP contribution < -0.4 is 4.72 Å². The molecule has 0 unspecified atom stereocenters. The van der Waals surface area contributed by atoms with E-state index in [1.165, 1.54) is 18.9 Å². The number of hydrogen-bond acceptors (Lipinski definition) is 2. The Bertz CT molecular complexity index is 579. The van der Waals surface area contributed by atoms with Crippen LogP contribution in [0.25, 0.3) is 0 Å². The zero-order chi connectivity index (χ0) is 14.8. The van der Waals surface area contributed by atoms with Crippen molar-refractivity contribution in [3.05, 3.63) is 27.7 Å². The van der Waals surface area contributed by atoms with Crippen LogP contribution >= 0.6 is 23.2 Å². The second kappa shape index (κ2) is 6.65. The Balaban J connectivity index is 2.24. The van der Waals surface area contributed by atoms with Gasteiger partial charge >= 0.3 is 0 Å². The molecule has 0 spiro atoms. The Kier molecular flexibility index (Phi) is 5.35. The van der Waals surface area contributed by atoms with E-state index in [9.17, 15) is 8.42 Å². The molecular formula is C14H19Cl2NO2S. The first-order valence-corrected chi connectivity index (χ1v) is 9.12. The summed E-state index contributed by atoms with van der Waals surface area (Å²) in [5.41, 5.74) is 0.595. The van der Waals surface area contributed by atoms with Gasteiger partial charge < -0.3 is 0 Å². The molecule has 1 aromatic carbocycles. The Morgan fingerprint density at radius 3 is 2.30 bits per heavy atom. The Hall–Kier alpha value is -0.290. The standard InChI is InChI=1S/C14H19Cl2NO2S/c1-10-12(15)8-9-13(14(10)16)20(18,19)17-11-6-4-2-3-5-7-11/h8-9,11,17H,2-7H2,1H3. The molecule has 0 radical (unpaired) electrons. The molecule has 1 aromatic rings. The van der Waals surface area contributed by atoms with E-state index in [-0.39, 0.29) is 16.0 Å². The molecule has 112 valence electrons. The van der Waals surface area contributed by atoms with Crippen LogP contribution in [-0.4, -0.2) is 14.5 Å². The third-order valence-corrected chi connectivity index (χ3v) is 6.32. The molecule has 0 saturated heterocycles. The average Bonchev–Trinajstić information content (AvgIpc) is 2.63. The van der Waals surface area contributed by atoms with Crippen LogP contribution in [0.5, 0.6) is 0 Å². The maximum Gasteiger partial charge on any atom is 0.242 e. The molecule has 0 bridgehead atoms. The van der Waals surface area contributed by atoms with E-state index >= 15 is 0 Å². The summed E-state index contributed by atoms with van der Waals surface area (Å²) in [4.78, 5) is 0.116. The van der Waals surface area contributed by atoms with Gasteiger partial charge in [-0.2, -0.15) is 0 Å². The van der Waals surface area contributed by atoms with Gasteiger partial charge in [0.25, 0.3) is 0 Å². The van der Waals surface area contributed by atoms with E-state index in [1.807, 2.05) is 0 Å². The maximum absolute atomic E-state index is 12.5. The van der Waals surface area contributed by atoms with E-state index in [2.05, 4.69) is 4.72 Å². The molecule has 1 aliphatic carbocycles. The summed E-state index contributed by atoms with van der Waals surface area (Å²) >= 11 is 12.1. The third kappa shape index (κ3) is 3.67. The largest absolute Gasteiger partial charge is 0.242 e. The van der Waals surface area contributed by atoms with Gasteiger partial charge in [0.1, 0.15) is 4.90 Å². The van der Waals surface area contributed by atoms with Gasteiger partial charge in [0, 0.05) is 11.1 Å². The van der Waals surface area contributed by atoms with E-state index < -0.39 is 10.0 Å². The molecule has 3 nitrogen and oxygen atoms in total. The third-order valence-electron chi connectivity index (χ3n) is 3.75. The van der Waals surface area contributed by atoms with Crippen LogP contribution in [0, 0.1) is 6.92 Å². The second-order valence-electron chi connectivity index (χ2n) is 5.29. The van der Waals surface area contributed by atoms with Gasteiger partial charge in [-0.05, 0) is 37.5 Å². The molecule has 2 rings (SSSR count). The summed E-state index contributed by atoms with van der Waals surface area (Å²) in [5, 5.41) is 0.682. The molecular weight excluding hydrogens is 317 g/mol. The van der Waals surface area contributed by atoms with Gasteiger partial charge in [0.15, 0.2) is 0 Å². The van der Waals surface area contributed by atoms with Gasteiger partial charge in [-0.1, -0.05) is 48.9 Å². The molecule has 1 N–H and O–H groups in total. The van der Waals surface area contributed by atoms with Crippen LogP contribution in [0.4, 0.5) is 0 Å². The van der Waals surface area contributed by atoms with Crippen LogP contribution in [0.2, 0.25) is 10.0 Å². The van der Waals surface area contributed by atoms with Crippen molar-refractivity contribution < 1.29 is 8.42 Å². The first kappa shape index (κ1) is 16.1. The Morgan fingerprint density at radius 1 is 1.10 bits per heavy atom. The average molecular weight is 336 g/mol. The number of halogens is 2. The normalized spacial score (nSPS) is 17.9. The molecule has 0 heterocycles. The number of hydrogen-bond donors (Lipinski definition) is 1. The van der Waals surface area contributed by atoms with Gasteiger partial charge in [-0.3, -0.25) is 0 Å². The van der Waals surface area contributed by atoms with Gasteiger partial charge in [-0.25, -0.2) is 13.1 Å². The van der Waals surface area contributed by atoms with Gasteiger partial charge in [-0.15, -0.1) is 0 Å². The lowest BCUT2D eigenvalue weighted by molar-refractivity contribution is 0.510.